The van der Waals surface area contributed by atoms with Gasteiger partial charge in [0.2, 0.25) is 0 Å². The molecule has 112 valence electrons. The van der Waals surface area contributed by atoms with Crippen LogP contribution in [0.5, 0.6) is 0 Å². The Morgan fingerprint density at radius 3 is 2.43 bits per heavy atom. The number of aromatic nitrogens is 1. The lowest BCUT2D eigenvalue weighted by Crippen LogP contribution is -2.11. The van der Waals surface area contributed by atoms with Gasteiger partial charge in [0.15, 0.2) is 5.69 Å². The summed E-state index contributed by atoms with van der Waals surface area (Å²) in [7, 11) is 0. The van der Waals surface area contributed by atoms with Crippen molar-refractivity contribution in [2.24, 2.45) is 0 Å². The van der Waals surface area contributed by atoms with Crippen LogP contribution in [0.25, 0.3) is 0 Å². The van der Waals surface area contributed by atoms with Crippen molar-refractivity contribution < 1.29 is 31.9 Å². The summed E-state index contributed by atoms with van der Waals surface area (Å²) in [4.78, 5) is 13.0. The first kappa shape index (κ1) is 15.4. The van der Waals surface area contributed by atoms with Crippen molar-refractivity contribution in [2.75, 3.05) is 0 Å². The number of hydrogen-bond acceptors (Lipinski definition) is 3. The lowest BCUT2D eigenvalue weighted by molar-refractivity contribution is -0.141. The second-order valence-electron chi connectivity index (χ2n) is 4.00. The predicted molar refractivity (Wildman–Crippen MR) is 63.2 cm³/mol. The molecule has 9 heteroatoms. The fourth-order valence-electron chi connectivity index (χ4n) is 1.61. The lowest BCUT2D eigenvalue weighted by atomic mass is 10.1. The van der Waals surface area contributed by atoms with Crippen molar-refractivity contribution in [1.82, 2.24) is 4.98 Å². The molecule has 0 spiro atoms. The van der Waals surface area contributed by atoms with E-state index in [0.717, 1.165) is 12.1 Å². The summed E-state index contributed by atoms with van der Waals surface area (Å²) in [6, 6.07) is 2.61. The molecule has 0 fully saturated rings. The zero-order chi connectivity index (χ0) is 15.8. The van der Waals surface area contributed by atoms with Gasteiger partial charge in [-0.25, -0.2) is 18.6 Å². The molecule has 0 aliphatic carbocycles. The molecule has 2 aromatic rings. The number of carboxylic acids is 1. The largest absolute Gasteiger partial charge is 0.477 e. The third-order valence-corrected chi connectivity index (χ3v) is 3.53. The van der Waals surface area contributed by atoms with Gasteiger partial charge in [0, 0.05) is 12.5 Å². The lowest BCUT2D eigenvalue weighted by Gasteiger charge is -2.02. The first-order valence-electron chi connectivity index (χ1n) is 5.42. The number of alkyl halides is 3. The highest BCUT2D eigenvalue weighted by atomic mass is 32.1. The van der Waals surface area contributed by atoms with Gasteiger partial charge in [0.1, 0.15) is 16.5 Å². The fraction of sp³-hybridized carbons (Fsp3) is 0.167. The van der Waals surface area contributed by atoms with E-state index >= 15 is 0 Å². The average Bonchev–Trinajstić information content (AvgIpc) is 2.77. The second kappa shape index (κ2) is 5.40. The Labute approximate surface area is 118 Å². The summed E-state index contributed by atoms with van der Waals surface area (Å²) in [5.74, 6) is -3.51. The summed E-state index contributed by atoms with van der Waals surface area (Å²) in [6.07, 6.45) is -5.27. The van der Waals surface area contributed by atoms with E-state index in [4.69, 9.17) is 5.11 Å². The van der Waals surface area contributed by atoms with Gasteiger partial charge in [0.25, 0.3) is 0 Å². The van der Waals surface area contributed by atoms with E-state index in [2.05, 4.69) is 4.98 Å². The number of rotatable bonds is 3. The average molecular weight is 323 g/mol. The maximum atomic E-state index is 13.4. The number of carboxylic acid groups (broad SMARTS) is 1. The number of hydrogen-bond donors (Lipinski definition) is 1. The molecule has 1 aromatic heterocycles. The number of aromatic carboxylic acids is 1. The molecule has 0 aliphatic heterocycles. The van der Waals surface area contributed by atoms with Crippen LogP contribution < -0.4 is 0 Å². The molecule has 0 saturated heterocycles. The first-order chi connectivity index (χ1) is 9.68. The maximum Gasteiger partial charge on any atom is 0.435 e. The molecule has 21 heavy (non-hydrogen) atoms. The molecule has 0 amide bonds. The van der Waals surface area contributed by atoms with Crippen LogP contribution in [0.2, 0.25) is 0 Å². The molecule has 0 atom stereocenters. The molecule has 1 heterocycles. The van der Waals surface area contributed by atoms with Crippen molar-refractivity contribution in [1.29, 1.82) is 0 Å². The minimum absolute atomic E-state index is 0.0733. The monoisotopic (exact) mass is 323 g/mol. The van der Waals surface area contributed by atoms with Crippen LogP contribution in [0.4, 0.5) is 22.0 Å². The summed E-state index contributed by atoms with van der Waals surface area (Å²) in [5.41, 5.74) is -1.59. The third kappa shape index (κ3) is 3.35. The number of carbonyl (C=O) groups is 1. The van der Waals surface area contributed by atoms with E-state index in [1.807, 2.05) is 0 Å². The maximum absolute atomic E-state index is 13.4. The SMILES string of the molecule is O=C(O)c1sc(Cc2ccc(F)cc2F)nc1C(F)(F)F. The van der Waals surface area contributed by atoms with Crippen LogP contribution in [0, 0.1) is 11.6 Å². The summed E-state index contributed by atoms with van der Waals surface area (Å²) in [5, 5.41) is 8.53. The summed E-state index contributed by atoms with van der Waals surface area (Å²) < 4.78 is 64.1. The van der Waals surface area contributed by atoms with E-state index in [0.29, 0.717) is 17.4 Å². The number of benzene rings is 1. The second-order valence-corrected chi connectivity index (χ2v) is 5.08. The third-order valence-electron chi connectivity index (χ3n) is 2.49. The Balaban J connectivity index is 2.39. The summed E-state index contributed by atoms with van der Waals surface area (Å²) >= 11 is 0.311. The Hall–Kier alpha value is -2.03. The van der Waals surface area contributed by atoms with Gasteiger partial charge in [-0.15, -0.1) is 11.3 Å². The Bertz CT molecular complexity index is 695. The molecule has 0 radical (unpaired) electrons. The quantitative estimate of drug-likeness (QED) is 0.876. The van der Waals surface area contributed by atoms with Crippen LogP contribution >= 0.6 is 11.3 Å². The van der Waals surface area contributed by atoms with Crippen LogP contribution in [0.1, 0.15) is 25.9 Å². The normalized spacial score (nSPS) is 11.7. The molecule has 1 aromatic carbocycles. The topological polar surface area (TPSA) is 50.2 Å². The van der Waals surface area contributed by atoms with Crippen LogP contribution in [0.3, 0.4) is 0 Å². The van der Waals surface area contributed by atoms with Gasteiger partial charge in [0.05, 0.1) is 5.01 Å². The van der Waals surface area contributed by atoms with Crippen LogP contribution in [-0.4, -0.2) is 16.1 Å². The zero-order valence-corrected chi connectivity index (χ0v) is 10.9. The Morgan fingerprint density at radius 2 is 1.95 bits per heavy atom. The standard InChI is InChI=1S/C12H6F5NO2S/c13-6-2-1-5(7(14)4-6)3-8-18-10(12(15,16)17)9(21-8)11(19)20/h1-2,4H,3H2,(H,19,20). The molecular formula is C12H6F5NO2S. The Morgan fingerprint density at radius 1 is 1.29 bits per heavy atom. The van der Waals surface area contributed by atoms with Crippen LogP contribution in [-0.2, 0) is 12.6 Å². The highest BCUT2D eigenvalue weighted by Gasteiger charge is 2.39. The summed E-state index contributed by atoms with van der Waals surface area (Å²) in [6.45, 7) is 0. The molecule has 0 bridgehead atoms. The highest BCUT2D eigenvalue weighted by Crippen LogP contribution is 2.35. The van der Waals surface area contributed by atoms with Gasteiger partial charge >= 0.3 is 12.1 Å². The molecule has 3 nitrogen and oxygen atoms in total. The smallest absolute Gasteiger partial charge is 0.435 e. The van der Waals surface area contributed by atoms with E-state index in [1.54, 1.807) is 0 Å². The minimum Gasteiger partial charge on any atom is -0.477 e. The molecule has 0 aliphatic rings. The van der Waals surface area contributed by atoms with E-state index in [1.165, 1.54) is 0 Å². The number of nitrogens with zero attached hydrogens (tertiary/aromatic N) is 1. The predicted octanol–water partition coefficient (Wildman–Crippen LogP) is 3.73. The van der Waals surface area contributed by atoms with E-state index in [-0.39, 0.29) is 17.0 Å². The van der Waals surface area contributed by atoms with Crippen molar-refractivity contribution >= 4 is 17.3 Å². The molecular weight excluding hydrogens is 317 g/mol. The van der Waals surface area contributed by atoms with Crippen LogP contribution in [0.15, 0.2) is 18.2 Å². The Kier molecular flexibility index (Phi) is 3.95. The van der Waals surface area contributed by atoms with E-state index < -0.39 is 34.4 Å². The number of halogens is 5. The van der Waals surface area contributed by atoms with Crippen molar-refractivity contribution in [3.05, 3.63) is 51.0 Å². The zero-order valence-electron chi connectivity index (χ0n) is 10.0. The van der Waals surface area contributed by atoms with Gasteiger partial charge in [-0.3, -0.25) is 0 Å². The fourth-order valence-corrected chi connectivity index (χ4v) is 2.55. The van der Waals surface area contributed by atoms with Gasteiger partial charge in [-0.05, 0) is 11.6 Å². The van der Waals surface area contributed by atoms with Crippen molar-refractivity contribution in [3.63, 3.8) is 0 Å². The van der Waals surface area contributed by atoms with Gasteiger partial charge < -0.3 is 5.11 Å². The highest BCUT2D eigenvalue weighted by molar-refractivity contribution is 7.13. The van der Waals surface area contributed by atoms with Gasteiger partial charge in [-0.1, -0.05) is 6.07 Å². The van der Waals surface area contributed by atoms with Crippen molar-refractivity contribution in [3.8, 4) is 0 Å². The minimum atomic E-state index is -4.91. The van der Waals surface area contributed by atoms with Gasteiger partial charge in [-0.2, -0.15) is 13.2 Å². The molecule has 0 saturated carbocycles. The molecule has 2 rings (SSSR count). The number of thiazole rings is 1. The first-order valence-corrected chi connectivity index (χ1v) is 6.24. The molecule has 1 N–H and O–H groups in total. The van der Waals surface area contributed by atoms with E-state index in [9.17, 15) is 26.7 Å². The van der Waals surface area contributed by atoms with Crippen molar-refractivity contribution in [2.45, 2.75) is 12.6 Å². The molecule has 0 unspecified atom stereocenters.